The molecule has 1 amide bonds. The van der Waals surface area contributed by atoms with E-state index < -0.39 is 17.6 Å². The highest BCUT2D eigenvalue weighted by Crippen LogP contribution is 2.33. The van der Waals surface area contributed by atoms with Gasteiger partial charge in [0.2, 0.25) is 0 Å². The van der Waals surface area contributed by atoms with Gasteiger partial charge in [-0.05, 0) is 42.3 Å². The highest BCUT2D eigenvalue weighted by molar-refractivity contribution is 6.33. The number of hydrogen-bond acceptors (Lipinski definition) is 2. The van der Waals surface area contributed by atoms with Crippen LogP contribution in [0, 0.1) is 0 Å². The number of rotatable bonds is 5. The van der Waals surface area contributed by atoms with E-state index in [0.29, 0.717) is 5.75 Å². The first-order valence-corrected chi connectivity index (χ1v) is 7.55. The SMILES string of the molecule is CCc1ccc(OCC(=O)Nc2cc(C(F)(F)F)ccc2Cl)cc1. The number of aryl methyl sites for hydroxylation is 1. The molecule has 0 fully saturated rings. The van der Waals surface area contributed by atoms with Crippen molar-refractivity contribution >= 4 is 23.2 Å². The van der Waals surface area contributed by atoms with E-state index in [1.807, 2.05) is 19.1 Å². The van der Waals surface area contributed by atoms with Crippen LogP contribution in [0.25, 0.3) is 0 Å². The zero-order chi connectivity index (χ0) is 17.7. The molecular formula is C17H15ClF3NO2. The highest BCUT2D eigenvalue weighted by Gasteiger charge is 2.31. The summed E-state index contributed by atoms with van der Waals surface area (Å²) >= 11 is 5.82. The lowest BCUT2D eigenvalue weighted by atomic mass is 10.2. The third-order valence-electron chi connectivity index (χ3n) is 3.27. The van der Waals surface area contributed by atoms with Crippen LogP contribution in [0.2, 0.25) is 5.02 Å². The summed E-state index contributed by atoms with van der Waals surface area (Å²) in [5.41, 5.74) is 0.127. The monoisotopic (exact) mass is 357 g/mol. The Kier molecular flexibility index (Phi) is 5.72. The van der Waals surface area contributed by atoms with Crippen LogP contribution in [0.3, 0.4) is 0 Å². The van der Waals surface area contributed by atoms with Gasteiger partial charge in [0.15, 0.2) is 6.61 Å². The van der Waals surface area contributed by atoms with Crippen LogP contribution < -0.4 is 10.1 Å². The second-order valence-corrected chi connectivity index (χ2v) is 5.43. The number of amides is 1. The van der Waals surface area contributed by atoms with Gasteiger partial charge in [-0.1, -0.05) is 30.7 Å². The van der Waals surface area contributed by atoms with Crippen LogP contribution in [-0.2, 0) is 17.4 Å². The van der Waals surface area contributed by atoms with E-state index in [4.69, 9.17) is 16.3 Å². The maximum absolute atomic E-state index is 12.7. The molecule has 0 spiro atoms. The number of carbonyl (C=O) groups excluding carboxylic acids is 1. The summed E-state index contributed by atoms with van der Waals surface area (Å²) in [6.45, 7) is 1.68. The minimum Gasteiger partial charge on any atom is -0.484 e. The maximum Gasteiger partial charge on any atom is 0.416 e. The predicted molar refractivity (Wildman–Crippen MR) is 86.4 cm³/mol. The lowest BCUT2D eigenvalue weighted by Gasteiger charge is -2.12. The maximum atomic E-state index is 12.7. The molecule has 0 atom stereocenters. The van der Waals surface area contributed by atoms with Crippen molar-refractivity contribution < 1.29 is 22.7 Å². The lowest BCUT2D eigenvalue weighted by Crippen LogP contribution is -2.20. The summed E-state index contributed by atoms with van der Waals surface area (Å²) in [5.74, 6) is -0.103. The van der Waals surface area contributed by atoms with Gasteiger partial charge in [-0.3, -0.25) is 4.79 Å². The molecule has 0 heterocycles. The molecule has 0 aliphatic rings. The number of hydrogen-bond donors (Lipinski definition) is 1. The topological polar surface area (TPSA) is 38.3 Å². The minimum atomic E-state index is -4.51. The number of nitrogens with one attached hydrogen (secondary N) is 1. The van der Waals surface area contributed by atoms with Gasteiger partial charge in [0.25, 0.3) is 5.91 Å². The van der Waals surface area contributed by atoms with Crippen molar-refractivity contribution in [3.05, 3.63) is 58.6 Å². The van der Waals surface area contributed by atoms with Crippen LogP contribution >= 0.6 is 11.6 Å². The van der Waals surface area contributed by atoms with Gasteiger partial charge in [-0.25, -0.2) is 0 Å². The van der Waals surface area contributed by atoms with Gasteiger partial charge in [0, 0.05) is 0 Å². The molecule has 1 N–H and O–H groups in total. The van der Waals surface area contributed by atoms with E-state index in [1.54, 1.807) is 12.1 Å². The predicted octanol–water partition coefficient (Wildman–Crippen LogP) is 4.94. The fourth-order valence-corrected chi connectivity index (χ4v) is 2.12. The molecule has 0 saturated heterocycles. The molecule has 2 rings (SSSR count). The summed E-state index contributed by atoms with van der Waals surface area (Å²) in [6.07, 6.45) is -3.63. The summed E-state index contributed by atoms with van der Waals surface area (Å²) in [4.78, 5) is 11.8. The van der Waals surface area contributed by atoms with E-state index in [1.165, 1.54) is 0 Å². The molecule has 128 valence electrons. The van der Waals surface area contributed by atoms with Gasteiger partial charge in [0.1, 0.15) is 5.75 Å². The van der Waals surface area contributed by atoms with Gasteiger partial charge in [0.05, 0.1) is 16.3 Å². The molecule has 7 heteroatoms. The van der Waals surface area contributed by atoms with Gasteiger partial charge in [-0.15, -0.1) is 0 Å². The lowest BCUT2D eigenvalue weighted by molar-refractivity contribution is -0.137. The third kappa shape index (κ3) is 4.89. The molecule has 0 aliphatic heterocycles. The molecule has 2 aromatic carbocycles. The first-order valence-electron chi connectivity index (χ1n) is 7.18. The molecule has 0 radical (unpaired) electrons. The minimum absolute atomic E-state index is 0.0173. The second kappa shape index (κ2) is 7.57. The highest BCUT2D eigenvalue weighted by atomic mass is 35.5. The Bertz CT molecular complexity index is 715. The Morgan fingerprint density at radius 2 is 1.83 bits per heavy atom. The second-order valence-electron chi connectivity index (χ2n) is 5.03. The van der Waals surface area contributed by atoms with Gasteiger partial charge < -0.3 is 10.1 Å². The Labute approximate surface area is 142 Å². The molecule has 2 aromatic rings. The number of ether oxygens (including phenoxy) is 1. The van der Waals surface area contributed by atoms with Crippen molar-refractivity contribution in [1.82, 2.24) is 0 Å². The molecular weight excluding hydrogens is 343 g/mol. The summed E-state index contributed by atoms with van der Waals surface area (Å²) in [5, 5.41) is 2.34. The van der Waals surface area contributed by atoms with Crippen LogP contribution in [0.15, 0.2) is 42.5 Å². The van der Waals surface area contributed by atoms with E-state index in [0.717, 1.165) is 30.2 Å². The summed E-state index contributed by atoms with van der Waals surface area (Å²) < 4.78 is 43.4. The Morgan fingerprint density at radius 1 is 1.17 bits per heavy atom. The van der Waals surface area contributed by atoms with Gasteiger partial charge in [-0.2, -0.15) is 13.2 Å². The van der Waals surface area contributed by atoms with Crippen LogP contribution in [0.5, 0.6) is 5.75 Å². The van der Waals surface area contributed by atoms with Crippen molar-refractivity contribution in [2.24, 2.45) is 0 Å². The zero-order valence-corrected chi connectivity index (χ0v) is 13.5. The first kappa shape index (κ1) is 18.1. The molecule has 0 aliphatic carbocycles. The van der Waals surface area contributed by atoms with Crippen molar-refractivity contribution in [2.75, 3.05) is 11.9 Å². The molecule has 0 aromatic heterocycles. The molecule has 0 unspecified atom stereocenters. The summed E-state index contributed by atoms with van der Waals surface area (Å²) in [6, 6.07) is 9.92. The van der Waals surface area contributed by atoms with Crippen molar-refractivity contribution in [2.45, 2.75) is 19.5 Å². The van der Waals surface area contributed by atoms with Crippen molar-refractivity contribution in [3.8, 4) is 5.75 Å². The number of anilines is 1. The average Bonchev–Trinajstić information content (AvgIpc) is 2.54. The normalized spacial score (nSPS) is 11.2. The summed E-state index contributed by atoms with van der Waals surface area (Å²) in [7, 11) is 0. The van der Waals surface area contributed by atoms with E-state index >= 15 is 0 Å². The number of alkyl halides is 3. The van der Waals surface area contributed by atoms with Crippen molar-refractivity contribution in [3.63, 3.8) is 0 Å². The molecule has 3 nitrogen and oxygen atoms in total. The molecule has 0 saturated carbocycles. The van der Waals surface area contributed by atoms with Crippen LogP contribution in [-0.4, -0.2) is 12.5 Å². The Morgan fingerprint density at radius 3 is 2.42 bits per heavy atom. The number of carbonyl (C=O) groups is 1. The van der Waals surface area contributed by atoms with Crippen molar-refractivity contribution in [1.29, 1.82) is 0 Å². The van der Waals surface area contributed by atoms with Crippen LogP contribution in [0.4, 0.5) is 18.9 Å². The van der Waals surface area contributed by atoms with Gasteiger partial charge >= 0.3 is 6.18 Å². The number of benzene rings is 2. The smallest absolute Gasteiger partial charge is 0.416 e. The van der Waals surface area contributed by atoms with E-state index in [9.17, 15) is 18.0 Å². The van der Waals surface area contributed by atoms with E-state index in [-0.39, 0.29) is 17.3 Å². The van der Waals surface area contributed by atoms with Crippen LogP contribution in [0.1, 0.15) is 18.1 Å². The molecule has 0 bridgehead atoms. The zero-order valence-electron chi connectivity index (χ0n) is 12.8. The first-order chi connectivity index (χ1) is 11.3. The largest absolute Gasteiger partial charge is 0.484 e. The Hall–Kier alpha value is -2.21. The third-order valence-corrected chi connectivity index (χ3v) is 3.60. The molecule has 24 heavy (non-hydrogen) atoms. The standard InChI is InChI=1S/C17H15ClF3NO2/c1-2-11-3-6-13(7-4-11)24-10-16(23)22-15-9-12(17(19,20)21)5-8-14(15)18/h3-9H,2,10H2,1H3,(H,22,23). The van der Waals surface area contributed by atoms with E-state index in [2.05, 4.69) is 5.32 Å². The fourth-order valence-electron chi connectivity index (χ4n) is 1.95. The quantitative estimate of drug-likeness (QED) is 0.823. The average molecular weight is 358 g/mol. The number of halogens is 4. The fraction of sp³-hybridized carbons (Fsp3) is 0.235. The Balaban J connectivity index is 1.99.